The van der Waals surface area contributed by atoms with Crippen molar-refractivity contribution >= 4 is 16.6 Å². The normalized spacial score (nSPS) is 12.2. The third-order valence-electron chi connectivity index (χ3n) is 7.03. The zero-order valence-electron chi connectivity index (χ0n) is 22.6. The van der Waals surface area contributed by atoms with Crippen molar-refractivity contribution in [3.63, 3.8) is 0 Å². The molecule has 0 bridgehead atoms. The van der Waals surface area contributed by atoms with Crippen molar-refractivity contribution in [1.29, 1.82) is 0 Å². The van der Waals surface area contributed by atoms with Gasteiger partial charge in [0.2, 0.25) is 6.79 Å². The van der Waals surface area contributed by atoms with Crippen LogP contribution in [0.2, 0.25) is 0 Å². The van der Waals surface area contributed by atoms with Crippen LogP contribution >= 0.6 is 0 Å². The maximum absolute atomic E-state index is 13.9. The molecule has 3 aromatic rings. The lowest BCUT2D eigenvalue weighted by atomic mass is 10.0. The maximum atomic E-state index is 13.9. The van der Waals surface area contributed by atoms with Crippen LogP contribution in [0.1, 0.15) is 28.8 Å². The van der Waals surface area contributed by atoms with E-state index in [0.29, 0.717) is 62.7 Å². The van der Waals surface area contributed by atoms with E-state index in [0.717, 1.165) is 45.6 Å². The number of aromatic nitrogens is 1. The molecular weight excluding hydrogens is 583 g/mol. The Bertz CT molecular complexity index is 1420. The van der Waals surface area contributed by atoms with E-state index in [9.17, 15) is 9.59 Å². The Hall–Kier alpha value is -2.73. The van der Waals surface area contributed by atoms with E-state index in [2.05, 4.69) is 16.4 Å². The Labute approximate surface area is 251 Å². The molecular formula is C27H35Cl3N4O6. The van der Waals surface area contributed by atoms with Crippen LogP contribution in [0.5, 0.6) is 23.0 Å². The Morgan fingerprint density at radius 3 is 2.02 bits per heavy atom. The fourth-order valence-corrected chi connectivity index (χ4v) is 5.19. The molecule has 1 aromatic heterocycles. The van der Waals surface area contributed by atoms with Gasteiger partial charge in [-0.1, -0.05) is 0 Å². The summed E-state index contributed by atoms with van der Waals surface area (Å²) < 4.78 is 23.8. The summed E-state index contributed by atoms with van der Waals surface area (Å²) in [6.07, 6.45) is 1.92. The van der Waals surface area contributed by atoms with Gasteiger partial charge in [0.15, 0.2) is 28.8 Å². The lowest BCUT2D eigenvalue weighted by molar-refractivity contribution is -0.688. The lowest BCUT2D eigenvalue weighted by Crippen LogP contribution is -3.00. The fourth-order valence-electron chi connectivity index (χ4n) is 5.19. The van der Waals surface area contributed by atoms with Crippen molar-refractivity contribution in [2.75, 3.05) is 53.7 Å². The van der Waals surface area contributed by atoms with Gasteiger partial charge in [0.1, 0.15) is 13.1 Å². The standard InChI is InChI=1S/C27H32N4O6.3ClH/c1-34-20-11-16-19(14-21(20)35-2)27(33)31(10-4-8-29-6-3-7-30-9-5-28)25-17-12-22-23(37-15-36-22)13-18(17)26(32)24(16)25;;;/h11-14,29-30H,3-10,15,28H2,1-2H3;3*1H. The van der Waals surface area contributed by atoms with E-state index in [1.807, 2.05) is 6.07 Å². The minimum absolute atomic E-state index is 0. The van der Waals surface area contributed by atoms with Gasteiger partial charge in [-0.3, -0.25) is 9.59 Å². The Morgan fingerprint density at radius 2 is 1.40 bits per heavy atom. The molecule has 40 heavy (non-hydrogen) atoms. The summed E-state index contributed by atoms with van der Waals surface area (Å²) in [4.78, 5) is 27.6. The Kier molecular flexibility index (Phi) is 12.4. The predicted molar refractivity (Wildman–Crippen MR) is 137 cm³/mol. The number of rotatable bonds is 12. The van der Waals surface area contributed by atoms with Crippen LogP contribution in [0.3, 0.4) is 0 Å². The molecule has 5 rings (SSSR count). The number of carbonyl (C=O) groups excluding carboxylic acids is 1. The number of carbonyl (C=O) groups is 1. The topological polar surface area (TPSA) is 137 Å². The van der Waals surface area contributed by atoms with Gasteiger partial charge in [0, 0.05) is 35.9 Å². The summed E-state index contributed by atoms with van der Waals surface area (Å²) in [5, 5.41) is 5.57. The van der Waals surface area contributed by atoms with E-state index in [-0.39, 0.29) is 55.4 Å². The van der Waals surface area contributed by atoms with E-state index >= 15 is 0 Å². The summed E-state index contributed by atoms with van der Waals surface area (Å²) in [6.45, 7) is 5.65. The zero-order chi connectivity index (χ0) is 25.9. The molecule has 2 aromatic carbocycles. The van der Waals surface area contributed by atoms with Crippen LogP contribution in [-0.2, 0) is 6.54 Å². The Balaban J connectivity index is 0.00000187. The third kappa shape index (κ3) is 6.12. The van der Waals surface area contributed by atoms with Crippen molar-refractivity contribution in [3.8, 4) is 34.3 Å². The van der Waals surface area contributed by atoms with E-state index in [1.165, 1.54) is 14.2 Å². The number of hydrogen-bond donors (Lipinski definition) is 3. The number of quaternary nitrogens is 3. The van der Waals surface area contributed by atoms with E-state index in [1.54, 1.807) is 22.8 Å². The van der Waals surface area contributed by atoms with Crippen molar-refractivity contribution in [3.05, 3.63) is 45.7 Å². The molecule has 0 fully saturated rings. The highest BCUT2D eigenvalue weighted by molar-refractivity contribution is 6.27. The van der Waals surface area contributed by atoms with Crippen molar-refractivity contribution in [2.24, 2.45) is 0 Å². The summed E-state index contributed by atoms with van der Waals surface area (Å²) in [5.74, 6) is 1.90. The first kappa shape index (κ1) is 33.5. The van der Waals surface area contributed by atoms with Gasteiger partial charge in [-0.15, -0.1) is 0 Å². The average Bonchev–Trinajstić information content (AvgIpc) is 3.49. The minimum Gasteiger partial charge on any atom is -1.00 e. The molecule has 0 unspecified atom stereocenters. The quantitative estimate of drug-likeness (QED) is 0.135. The molecule has 10 nitrogen and oxygen atoms in total. The maximum Gasteiger partial charge on any atom is 0.259 e. The molecule has 0 radical (unpaired) electrons. The first-order chi connectivity index (χ1) is 18.1. The van der Waals surface area contributed by atoms with E-state index in [4.69, 9.17) is 18.9 Å². The van der Waals surface area contributed by atoms with Crippen LogP contribution in [0.4, 0.5) is 0 Å². The van der Waals surface area contributed by atoms with Gasteiger partial charge in [-0.25, -0.2) is 0 Å². The minimum atomic E-state index is -0.157. The Morgan fingerprint density at radius 1 is 0.825 bits per heavy atom. The molecule has 220 valence electrons. The van der Waals surface area contributed by atoms with Crippen molar-refractivity contribution < 1.29 is 77.3 Å². The molecule has 0 saturated heterocycles. The monoisotopic (exact) mass is 616 g/mol. The number of methoxy groups -OCH3 is 2. The molecule has 2 heterocycles. The number of ether oxygens (including phenoxy) is 4. The number of nitrogens with two attached hydrogens (primary N) is 2. The zero-order valence-corrected chi connectivity index (χ0v) is 24.8. The van der Waals surface area contributed by atoms with Gasteiger partial charge in [-0.2, -0.15) is 0 Å². The molecule has 7 N–H and O–H groups in total. The van der Waals surface area contributed by atoms with Gasteiger partial charge in [0.25, 0.3) is 5.56 Å². The number of nitrogens with zero attached hydrogens (tertiary/aromatic N) is 1. The molecule has 0 amide bonds. The van der Waals surface area contributed by atoms with E-state index < -0.39 is 0 Å². The van der Waals surface area contributed by atoms with Crippen LogP contribution in [0.25, 0.3) is 22.0 Å². The van der Waals surface area contributed by atoms with Crippen LogP contribution in [-0.4, -0.2) is 64.1 Å². The molecule has 13 heteroatoms. The second-order valence-electron chi connectivity index (χ2n) is 9.31. The molecule has 0 spiro atoms. The van der Waals surface area contributed by atoms with Crippen LogP contribution in [0, 0.1) is 0 Å². The number of fused-ring (bicyclic) bond motifs is 6. The second kappa shape index (κ2) is 14.8. The SMILES string of the molecule is COc1cc2c3c(n(CCC[NH2+]CCC[NH2+]CC[NH3+])c(=O)c2cc1OC)-c1cc2c(cc1C3=O)OCO2.[Cl-].[Cl-].[Cl-]. The lowest BCUT2D eigenvalue weighted by Gasteiger charge is -2.16. The number of halogens is 3. The smallest absolute Gasteiger partial charge is 0.259 e. The molecule has 2 aliphatic rings. The molecule has 1 aliphatic carbocycles. The summed E-state index contributed by atoms with van der Waals surface area (Å²) in [5.41, 5.74) is 6.05. The molecule has 0 atom stereocenters. The molecule has 1 aliphatic heterocycles. The van der Waals surface area contributed by atoms with Gasteiger partial charge in [-0.05, 0) is 24.3 Å². The fraction of sp³-hybridized carbons (Fsp3) is 0.407. The van der Waals surface area contributed by atoms with Crippen LogP contribution in [0.15, 0.2) is 29.1 Å². The van der Waals surface area contributed by atoms with Crippen molar-refractivity contribution in [2.45, 2.75) is 19.4 Å². The highest BCUT2D eigenvalue weighted by atomic mass is 35.5. The predicted octanol–water partition coefficient (Wildman–Crippen LogP) is -9.88. The molecule has 0 saturated carbocycles. The second-order valence-corrected chi connectivity index (χ2v) is 9.31. The largest absolute Gasteiger partial charge is 1.00 e. The number of pyridine rings is 1. The average molecular weight is 618 g/mol. The van der Waals surface area contributed by atoms with Gasteiger partial charge in [0.05, 0.1) is 50.5 Å². The number of ketones is 1. The third-order valence-corrected chi connectivity index (χ3v) is 7.03. The summed E-state index contributed by atoms with van der Waals surface area (Å²) >= 11 is 0. The summed E-state index contributed by atoms with van der Waals surface area (Å²) in [7, 11) is 3.07. The van der Waals surface area contributed by atoms with Crippen LogP contribution < -0.4 is 78.1 Å². The van der Waals surface area contributed by atoms with Gasteiger partial charge >= 0.3 is 0 Å². The summed E-state index contributed by atoms with van der Waals surface area (Å²) in [6, 6.07) is 6.94. The first-order valence-corrected chi connectivity index (χ1v) is 12.8. The first-order valence-electron chi connectivity index (χ1n) is 12.8. The highest BCUT2D eigenvalue weighted by Gasteiger charge is 2.35. The van der Waals surface area contributed by atoms with Crippen molar-refractivity contribution in [1.82, 2.24) is 4.57 Å². The number of hydrogen-bond acceptors (Lipinski definition) is 6. The number of benzene rings is 2. The van der Waals surface area contributed by atoms with Gasteiger partial charge < -0.3 is 77.1 Å². The highest BCUT2D eigenvalue weighted by Crippen LogP contribution is 2.46.